The van der Waals surface area contributed by atoms with E-state index >= 15 is 0 Å². The smallest absolute Gasteiger partial charge is 0.0426 e. The molecule has 0 radical (unpaired) electrons. The first-order valence-electron chi connectivity index (χ1n) is 6.99. The van der Waals surface area contributed by atoms with Gasteiger partial charge in [-0.25, -0.2) is 0 Å². The monoisotopic (exact) mass is 265 g/mol. The lowest BCUT2D eigenvalue weighted by atomic mass is 9.85. The van der Waals surface area contributed by atoms with Crippen LogP contribution in [-0.4, -0.2) is 6.04 Å². The first kappa shape index (κ1) is 13.7. The van der Waals surface area contributed by atoms with Crippen molar-refractivity contribution in [1.82, 2.24) is 0 Å². The van der Waals surface area contributed by atoms with E-state index in [0.717, 1.165) is 5.02 Å². The molecule has 100 valence electrons. The highest BCUT2D eigenvalue weighted by Gasteiger charge is 2.24. The van der Waals surface area contributed by atoms with E-state index < -0.39 is 0 Å². The predicted molar refractivity (Wildman–Crippen MR) is 80.5 cm³/mol. The Balaban J connectivity index is 2.03. The van der Waals surface area contributed by atoms with Crippen LogP contribution in [0.1, 0.15) is 51.5 Å². The molecule has 0 amide bonds. The van der Waals surface area contributed by atoms with Gasteiger partial charge in [-0.3, -0.25) is 0 Å². The van der Waals surface area contributed by atoms with Crippen LogP contribution in [0.2, 0.25) is 5.02 Å². The first-order valence-corrected chi connectivity index (χ1v) is 7.37. The highest BCUT2D eigenvalue weighted by atomic mass is 35.5. The molecule has 1 aromatic carbocycles. The summed E-state index contributed by atoms with van der Waals surface area (Å²) in [6.45, 7) is 6.92. The lowest BCUT2D eigenvalue weighted by Crippen LogP contribution is -2.19. The molecule has 0 aromatic heterocycles. The molecule has 18 heavy (non-hydrogen) atoms. The molecule has 1 aliphatic rings. The van der Waals surface area contributed by atoms with E-state index in [1.807, 2.05) is 12.1 Å². The van der Waals surface area contributed by atoms with Crippen molar-refractivity contribution >= 4 is 17.3 Å². The summed E-state index contributed by atoms with van der Waals surface area (Å²) < 4.78 is 0. The fraction of sp³-hybridized carbons (Fsp3) is 0.625. The van der Waals surface area contributed by atoms with Crippen LogP contribution < -0.4 is 5.32 Å². The van der Waals surface area contributed by atoms with Gasteiger partial charge >= 0.3 is 0 Å². The van der Waals surface area contributed by atoms with Crippen LogP contribution >= 0.6 is 11.6 Å². The molecule has 0 saturated heterocycles. The van der Waals surface area contributed by atoms with Gasteiger partial charge in [-0.15, -0.1) is 0 Å². The lowest BCUT2D eigenvalue weighted by molar-refractivity contribution is 0.313. The van der Waals surface area contributed by atoms with Crippen molar-refractivity contribution in [1.29, 1.82) is 0 Å². The number of aryl methyl sites for hydroxylation is 1. The van der Waals surface area contributed by atoms with Crippen molar-refractivity contribution in [3.63, 3.8) is 0 Å². The van der Waals surface area contributed by atoms with Gasteiger partial charge in [0.15, 0.2) is 0 Å². The van der Waals surface area contributed by atoms with E-state index in [4.69, 9.17) is 11.6 Å². The Bertz CT molecular complexity index is 412. The zero-order valence-corrected chi connectivity index (χ0v) is 12.5. The second-order valence-electron chi connectivity index (χ2n) is 6.40. The average Bonchev–Trinajstić information content (AvgIpc) is 2.46. The highest BCUT2D eigenvalue weighted by Crippen LogP contribution is 2.35. The predicted octanol–water partition coefficient (Wildman–Crippen LogP) is 5.42. The molecule has 1 nitrogen and oxygen atoms in total. The molecule has 1 N–H and O–H groups in total. The second kappa shape index (κ2) is 5.52. The van der Waals surface area contributed by atoms with Crippen LogP contribution in [-0.2, 0) is 0 Å². The van der Waals surface area contributed by atoms with Gasteiger partial charge in [0, 0.05) is 16.8 Å². The summed E-state index contributed by atoms with van der Waals surface area (Å²) in [5.74, 6) is 0. The number of rotatable bonds is 2. The Labute approximate surface area is 116 Å². The minimum absolute atomic E-state index is 0.514. The van der Waals surface area contributed by atoms with Gasteiger partial charge in [0.05, 0.1) is 0 Å². The van der Waals surface area contributed by atoms with Crippen LogP contribution in [0, 0.1) is 12.3 Å². The quantitative estimate of drug-likeness (QED) is 0.704. The van der Waals surface area contributed by atoms with Crippen molar-refractivity contribution in [2.24, 2.45) is 5.41 Å². The number of hydrogen-bond acceptors (Lipinski definition) is 1. The molecular formula is C16H24ClN. The lowest BCUT2D eigenvalue weighted by Gasteiger charge is -2.23. The summed E-state index contributed by atoms with van der Waals surface area (Å²) >= 11 is 6.07. The van der Waals surface area contributed by atoms with Crippen molar-refractivity contribution in [2.75, 3.05) is 5.32 Å². The standard InChI is InChI=1S/C16H24ClN/c1-12-6-7-13(17)11-15(12)18-14-5-4-9-16(2,3)10-8-14/h6-7,11,14,18H,4-5,8-10H2,1-3H3. The molecular weight excluding hydrogens is 242 g/mol. The topological polar surface area (TPSA) is 12.0 Å². The fourth-order valence-electron chi connectivity index (χ4n) is 2.78. The maximum Gasteiger partial charge on any atom is 0.0426 e. The first-order chi connectivity index (χ1) is 8.46. The highest BCUT2D eigenvalue weighted by molar-refractivity contribution is 6.30. The van der Waals surface area contributed by atoms with Gasteiger partial charge in [0.2, 0.25) is 0 Å². The van der Waals surface area contributed by atoms with E-state index in [9.17, 15) is 0 Å². The third-order valence-electron chi connectivity index (χ3n) is 4.13. The van der Waals surface area contributed by atoms with Crippen LogP contribution in [0.15, 0.2) is 18.2 Å². The molecule has 0 bridgehead atoms. The molecule has 0 spiro atoms. The largest absolute Gasteiger partial charge is 0.382 e. The van der Waals surface area contributed by atoms with Crippen molar-refractivity contribution in [3.05, 3.63) is 28.8 Å². The average molecular weight is 266 g/mol. The number of hydrogen-bond donors (Lipinski definition) is 1. The van der Waals surface area contributed by atoms with Crippen molar-refractivity contribution < 1.29 is 0 Å². The summed E-state index contributed by atoms with van der Waals surface area (Å²) in [6.07, 6.45) is 6.52. The molecule has 1 fully saturated rings. The number of benzene rings is 1. The summed E-state index contributed by atoms with van der Waals surface area (Å²) in [5.41, 5.74) is 3.00. The van der Waals surface area contributed by atoms with Crippen molar-refractivity contribution in [2.45, 2.75) is 58.9 Å². The molecule has 1 atom stereocenters. The van der Waals surface area contributed by atoms with Gasteiger partial charge in [0.25, 0.3) is 0 Å². The Kier molecular flexibility index (Phi) is 4.21. The van der Waals surface area contributed by atoms with E-state index in [-0.39, 0.29) is 0 Å². The molecule has 1 aliphatic carbocycles. The summed E-state index contributed by atoms with van der Waals surface area (Å²) in [7, 11) is 0. The maximum atomic E-state index is 6.07. The molecule has 1 saturated carbocycles. The normalized spacial score (nSPS) is 23.4. The molecule has 0 aliphatic heterocycles. The molecule has 2 rings (SSSR count). The molecule has 1 unspecified atom stereocenters. The zero-order chi connectivity index (χ0) is 13.2. The van der Waals surface area contributed by atoms with Gasteiger partial charge in [-0.2, -0.15) is 0 Å². The fourth-order valence-corrected chi connectivity index (χ4v) is 2.95. The Hall–Kier alpha value is -0.690. The van der Waals surface area contributed by atoms with E-state index in [0.29, 0.717) is 11.5 Å². The molecule has 0 heterocycles. The SMILES string of the molecule is Cc1ccc(Cl)cc1NC1CCCC(C)(C)CC1. The van der Waals surface area contributed by atoms with E-state index in [1.165, 1.54) is 43.4 Å². The van der Waals surface area contributed by atoms with Crippen LogP contribution in [0.5, 0.6) is 0 Å². The van der Waals surface area contributed by atoms with Crippen molar-refractivity contribution in [3.8, 4) is 0 Å². The number of nitrogens with one attached hydrogen (secondary N) is 1. The zero-order valence-electron chi connectivity index (χ0n) is 11.7. The Morgan fingerprint density at radius 1 is 1.22 bits per heavy atom. The summed E-state index contributed by atoms with van der Waals surface area (Å²) in [6, 6.07) is 6.69. The second-order valence-corrected chi connectivity index (χ2v) is 6.83. The minimum atomic E-state index is 0.514. The maximum absolute atomic E-state index is 6.07. The van der Waals surface area contributed by atoms with Crippen LogP contribution in [0.25, 0.3) is 0 Å². The minimum Gasteiger partial charge on any atom is -0.382 e. The van der Waals surface area contributed by atoms with E-state index in [2.05, 4.69) is 32.2 Å². The number of anilines is 1. The Morgan fingerprint density at radius 2 is 2.00 bits per heavy atom. The van der Waals surface area contributed by atoms with Gasteiger partial charge < -0.3 is 5.32 Å². The Morgan fingerprint density at radius 3 is 2.78 bits per heavy atom. The number of halogens is 1. The third-order valence-corrected chi connectivity index (χ3v) is 4.37. The molecule has 1 aromatic rings. The third kappa shape index (κ3) is 3.65. The summed E-state index contributed by atoms with van der Waals surface area (Å²) in [4.78, 5) is 0. The van der Waals surface area contributed by atoms with E-state index in [1.54, 1.807) is 0 Å². The van der Waals surface area contributed by atoms with Crippen LogP contribution in [0.3, 0.4) is 0 Å². The van der Waals surface area contributed by atoms with Gasteiger partial charge in [-0.05, 0) is 55.7 Å². The van der Waals surface area contributed by atoms with Crippen LogP contribution in [0.4, 0.5) is 5.69 Å². The van der Waals surface area contributed by atoms with Gasteiger partial charge in [-0.1, -0.05) is 37.9 Å². The summed E-state index contributed by atoms with van der Waals surface area (Å²) in [5, 5.41) is 4.50. The van der Waals surface area contributed by atoms with Gasteiger partial charge in [0.1, 0.15) is 0 Å². The molecule has 2 heteroatoms.